The molecule has 1 aromatic carbocycles. The maximum Gasteiger partial charge on any atom is 0.418 e. The van der Waals surface area contributed by atoms with Crippen LogP contribution in [0.1, 0.15) is 17.2 Å². The number of aliphatic hydroxyl groups excluding tert-OH is 1. The summed E-state index contributed by atoms with van der Waals surface area (Å²) < 4.78 is 49.2. The Labute approximate surface area is 78.0 Å². The van der Waals surface area contributed by atoms with Gasteiger partial charge >= 0.3 is 6.18 Å². The van der Waals surface area contributed by atoms with Gasteiger partial charge in [0.25, 0.3) is 0 Å². The van der Waals surface area contributed by atoms with Crippen molar-refractivity contribution in [3.05, 3.63) is 35.1 Å². The zero-order chi connectivity index (χ0) is 10.9. The molecule has 0 fully saturated rings. The van der Waals surface area contributed by atoms with Crippen LogP contribution in [0.3, 0.4) is 0 Å². The van der Waals surface area contributed by atoms with Gasteiger partial charge in [0.05, 0.1) is 0 Å². The van der Waals surface area contributed by atoms with Crippen LogP contribution in [0.5, 0.6) is 0 Å². The molecule has 0 spiro atoms. The Hall–Kier alpha value is -1.10. The third-order valence-electron chi connectivity index (χ3n) is 1.85. The van der Waals surface area contributed by atoms with Crippen LogP contribution in [0, 0.1) is 12.7 Å². The van der Waals surface area contributed by atoms with Crippen LogP contribution in [0.2, 0.25) is 0 Å². The van der Waals surface area contributed by atoms with Gasteiger partial charge in [-0.1, -0.05) is 12.1 Å². The van der Waals surface area contributed by atoms with Gasteiger partial charge in [0.15, 0.2) is 6.10 Å². The third-order valence-corrected chi connectivity index (χ3v) is 1.85. The molecular formula is C9H8F4O. The Bertz CT molecular complexity index is 312. The molecule has 1 N–H and O–H groups in total. The predicted molar refractivity (Wildman–Crippen MR) is 42.2 cm³/mol. The Morgan fingerprint density at radius 1 is 1.29 bits per heavy atom. The molecule has 0 radical (unpaired) electrons. The summed E-state index contributed by atoms with van der Waals surface area (Å²) in [4.78, 5) is 0. The molecule has 0 bridgehead atoms. The predicted octanol–water partition coefficient (Wildman–Crippen LogP) is 2.73. The lowest BCUT2D eigenvalue weighted by Gasteiger charge is -2.17. The van der Waals surface area contributed by atoms with E-state index in [-0.39, 0.29) is 5.56 Å². The van der Waals surface area contributed by atoms with Crippen molar-refractivity contribution >= 4 is 0 Å². The molecule has 0 saturated heterocycles. The van der Waals surface area contributed by atoms with E-state index in [1.54, 1.807) is 0 Å². The fraction of sp³-hybridized carbons (Fsp3) is 0.333. The molecule has 1 nitrogen and oxygen atoms in total. The molecule has 1 atom stereocenters. The molecule has 5 heteroatoms. The highest BCUT2D eigenvalue weighted by Gasteiger charge is 2.41. The zero-order valence-corrected chi connectivity index (χ0v) is 7.27. The Morgan fingerprint density at radius 3 is 2.29 bits per heavy atom. The van der Waals surface area contributed by atoms with E-state index in [9.17, 15) is 17.6 Å². The molecule has 0 saturated carbocycles. The van der Waals surface area contributed by atoms with Gasteiger partial charge < -0.3 is 5.11 Å². The average molecular weight is 208 g/mol. The number of rotatable bonds is 1. The highest BCUT2D eigenvalue weighted by molar-refractivity contribution is 5.30. The monoisotopic (exact) mass is 208 g/mol. The number of alkyl halides is 3. The van der Waals surface area contributed by atoms with Crippen LogP contribution in [0.4, 0.5) is 17.6 Å². The molecule has 0 aromatic heterocycles. The number of hydrogen-bond acceptors (Lipinski definition) is 1. The van der Waals surface area contributed by atoms with Crippen molar-refractivity contribution in [2.75, 3.05) is 0 Å². The number of halogens is 4. The first kappa shape index (κ1) is 11.0. The summed E-state index contributed by atoms with van der Waals surface area (Å²) in [6, 6.07) is 3.49. The minimum Gasteiger partial charge on any atom is -0.379 e. The molecular weight excluding hydrogens is 200 g/mol. The molecule has 0 heterocycles. The smallest absolute Gasteiger partial charge is 0.379 e. The normalized spacial score (nSPS) is 14.1. The first-order valence-electron chi connectivity index (χ1n) is 3.84. The Balaban J connectivity index is 3.19. The van der Waals surface area contributed by atoms with Crippen molar-refractivity contribution in [1.29, 1.82) is 0 Å². The maximum atomic E-state index is 13.0. The molecule has 0 aliphatic rings. The van der Waals surface area contributed by atoms with Crippen molar-refractivity contribution in [3.8, 4) is 0 Å². The lowest BCUT2D eigenvalue weighted by atomic mass is 10.0. The second kappa shape index (κ2) is 3.57. The van der Waals surface area contributed by atoms with Gasteiger partial charge in [0, 0.05) is 5.56 Å². The van der Waals surface area contributed by atoms with Crippen molar-refractivity contribution in [2.24, 2.45) is 0 Å². The van der Waals surface area contributed by atoms with Crippen LogP contribution in [0.25, 0.3) is 0 Å². The van der Waals surface area contributed by atoms with Crippen molar-refractivity contribution in [1.82, 2.24) is 0 Å². The summed E-state index contributed by atoms with van der Waals surface area (Å²) in [5.74, 6) is -1.05. The summed E-state index contributed by atoms with van der Waals surface area (Å²) in [5.41, 5.74) is -0.630. The lowest BCUT2D eigenvalue weighted by Crippen LogP contribution is -2.22. The minimum atomic E-state index is -4.84. The van der Waals surface area contributed by atoms with Crippen molar-refractivity contribution in [3.63, 3.8) is 0 Å². The highest BCUT2D eigenvalue weighted by Crippen LogP contribution is 2.35. The van der Waals surface area contributed by atoms with Crippen LogP contribution in [-0.4, -0.2) is 11.3 Å². The molecule has 1 aromatic rings. The van der Waals surface area contributed by atoms with E-state index in [1.807, 2.05) is 0 Å². The second-order valence-corrected chi connectivity index (χ2v) is 2.91. The minimum absolute atomic E-state index is 0.0785. The van der Waals surface area contributed by atoms with E-state index in [1.165, 1.54) is 19.1 Å². The summed E-state index contributed by atoms with van der Waals surface area (Å²) in [6.07, 6.45) is -7.60. The number of aliphatic hydroxyl groups is 1. The van der Waals surface area contributed by atoms with E-state index >= 15 is 0 Å². The molecule has 78 valence electrons. The summed E-state index contributed by atoms with van der Waals surface area (Å²) in [7, 11) is 0. The van der Waals surface area contributed by atoms with E-state index in [2.05, 4.69) is 0 Å². The first-order chi connectivity index (χ1) is 6.34. The van der Waals surface area contributed by atoms with Gasteiger partial charge in [-0.2, -0.15) is 13.2 Å². The lowest BCUT2D eigenvalue weighted by molar-refractivity contribution is -0.207. The molecule has 1 unspecified atom stereocenters. The van der Waals surface area contributed by atoms with Gasteiger partial charge in [0.2, 0.25) is 0 Å². The fourth-order valence-corrected chi connectivity index (χ4v) is 1.15. The van der Waals surface area contributed by atoms with Gasteiger partial charge in [-0.3, -0.25) is 0 Å². The summed E-state index contributed by atoms with van der Waals surface area (Å²) in [5, 5.41) is 8.85. The number of benzene rings is 1. The fourth-order valence-electron chi connectivity index (χ4n) is 1.15. The SMILES string of the molecule is Cc1cccc(F)c1C(O)C(F)(F)F. The van der Waals surface area contributed by atoms with E-state index in [0.717, 1.165) is 6.07 Å². The summed E-state index contributed by atoms with van der Waals surface area (Å²) >= 11 is 0. The molecule has 0 amide bonds. The Kier molecular flexibility index (Phi) is 2.80. The number of aryl methyl sites for hydroxylation is 1. The zero-order valence-electron chi connectivity index (χ0n) is 7.27. The van der Waals surface area contributed by atoms with Crippen LogP contribution >= 0.6 is 0 Å². The van der Waals surface area contributed by atoms with Gasteiger partial charge in [-0.15, -0.1) is 0 Å². The maximum absolute atomic E-state index is 13.0. The first-order valence-corrected chi connectivity index (χ1v) is 3.84. The highest BCUT2D eigenvalue weighted by atomic mass is 19.4. The quantitative estimate of drug-likeness (QED) is 0.703. The molecule has 14 heavy (non-hydrogen) atoms. The van der Waals surface area contributed by atoms with Crippen LogP contribution in [0.15, 0.2) is 18.2 Å². The molecule has 0 aliphatic heterocycles. The standard InChI is InChI=1S/C9H8F4O/c1-5-3-2-4-6(10)7(5)8(14)9(11,12)13/h2-4,8,14H,1H3. The van der Waals surface area contributed by atoms with Crippen molar-refractivity contribution in [2.45, 2.75) is 19.2 Å². The van der Waals surface area contributed by atoms with Crippen LogP contribution < -0.4 is 0 Å². The third kappa shape index (κ3) is 2.04. The second-order valence-electron chi connectivity index (χ2n) is 2.91. The molecule has 0 aliphatic carbocycles. The topological polar surface area (TPSA) is 20.2 Å². The average Bonchev–Trinajstić information content (AvgIpc) is 2.01. The summed E-state index contributed by atoms with van der Waals surface area (Å²) in [6.45, 7) is 1.31. The molecule has 1 rings (SSSR count). The Morgan fingerprint density at radius 2 is 1.86 bits per heavy atom. The van der Waals surface area contributed by atoms with Gasteiger partial charge in [0.1, 0.15) is 5.82 Å². The van der Waals surface area contributed by atoms with E-state index < -0.39 is 23.7 Å². The van der Waals surface area contributed by atoms with Gasteiger partial charge in [-0.25, -0.2) is 4.39 Å². The van der Waals surface area contributed by atoms with Crippen molar-refractivity contribution < 1.29 is 22.7 Å². The van der Waals surface area contributed by atoms with E-state index in [0.29, 0.717) is 0 Å². The number of hydrogen-bond donors (Lipinski definition) is 1. The van der Waals surface area contributed by atoms with Gasteiger partial charge in [-0.05, 0) is 18.6 Å². The largest absolute Gasteiger partial charge is 0.418 e. The van der Waals surface area contributed by atoms with E-state index in [4.69, 9.17) is 5.11 Å². The van der Waals surface area contributed by atoms with Crippen LogP contribution in [-0.2, 0) is 0 Å².